The van der Waals surface area contributed by atoms with Crippen molar-refractivity contribution in [3.05, 3.63) is 59.7 Å². The largest absolute Gasteiger partial charge is 0.573 e. The van der Waals surface area contributed by atoms with Gasteiger partial charge in [-0.3, -0.25) is 0 Å². The number of ether oxygens (including phenoxy) is 2. The van der Waals surface area contributed by atoms with Crippen LogP contribution in [0.2, 0.25) is 0 Å². The van der Waals surface area contributed by atoms with Gasteiger partial charge in [-0.15, -0.1) is 25.6 Å². The van der Waals surface area contributed by atoms with Crippen LogP contribution in [0.3, 0.4) is 0 Å². The lowest BCUT2D eigenvalue weighted by atomic mass is 9.92. The fourth-order valence-electron chi connectivity index (χ4n) is 3.45. The Kier molecular flexibility index (Phi) is 7.98. The average molecular weight is 417 g/mol. The first-order chi connectivity index (χ1) is 13.0. The van der Waals surface area contributed by atoms with E-state index >= 15 is 0 Å². The molecule has 3 rings (SSSR count). The van der Waals surface area contributed by atoms with Gasteiger partial charge in [0.2, 0.25) is 0 Å². The van der Waals surface area contributed by atoms with Crippen LogP contribution in [0.15, 0.2) is 48.5 Å². The monoisotopic (exact) mass is 416 g/mol. The molecule has 0 bridgehead atoms. The third-order valence-corrected chi connectivity index (χ3v) is 4.66. The Labute approximate surface area is 168 Å². The van der Waals surface area contributed by atoms with Crippen LogP contribution in [0.4, 0.5) is 13.2 Å². The van der Waals surface area contributed by atoms with Gasteiger partial charge in [0.05, 0.1) is 7.11 Å². The highest BCUT2D eigenvalue weighted by Gasteiger charge is 2.31. The maximum atomic E-state index is 12.5. The summed E-state index contributed by atoms with van der Waals surface area (Å²) in [6, 6.07) is 14.6. The second-order valence-electron chi connectivity index (χ2n) is 6.49. The number of methoxy groups -OCH3 is 1. The van der Waals surface area contributed by atoms with Crippen molar-refractivity contribution in [3.63, 3.8) is 0 Å². The third-order valence-electron chi connectivity index (χ3n) is 4.66. The molecular formula is C20H24ClF3N2O2. The minimum atomic E-state index is -4.72. The van der Waals surface area contributed by atoms with E-state index < -0.39 is 6.36 Å². The lowest BCUT2D eigenvalue weighted by molar-refractivity contribution is -0.274. The first-order valence-corrected chi connectivity index (χ1v) is 8.90. The van der Waals surface area contributed by atoms with Crippen molar-refractivity contribution in [1.29, 1.82) is 0 Å². The average Bonchev–Trinajstić information content (AvgIpc) is 2.66. The molecule has 2 atom stereocenters. The highest BCUT2D eigenvalue weighted by atomic mass is 35.5. The van der Waals surface area contributed by atoms with Crippen molar-refractivity contribution in [3.8, 4) is 11.5 Å². The molecule has 0 saturated carbocycles. The maximum Gasteiger partial charge on any atom is 0.573 e. The molecular weight excluding hydrogens is 393 g/mol. The molecule has 1 fully saturated rings. The van der Waals surface area contributed by atoms with Gasteiger partial charge in [0, 0.05) is 24.2 Å². The molecule has 2 aromatic carbocycles. The molecule has 0 radical (unpaired) electrons. The predicted molar refractivity (Wildman–Crippen MR) is 104 cm³/mol. The molecule has 28 heavy (non-hydrogen) atoms. The van der Waals surface area contributed by atoms with E-state index in [1.54, 1.807) is 0 Å². The number of piperidine rings is 1. The molecule has 0 spiro atoms. The molecule has 1 aliphatic heterocycles. The summed E-state index contributed by atoms with van der Waals surface area (Å²) in [6.07, 6.45) is -2.70. The molecule has 0 aromatic heterocycles. The lowest BCUT2D eigenvalue weighted by Gasteiger charge is -2.34. The SMILES string of the molecule is COc1ccc(OC(F)(F)F)cc1CN[C@@H]1CCCN[C@@H]1c1ccccc1.Cl. The van der Waals surface area contributed by atoms with E-state index in [0.29, 0.717) is 17.9 Å². The Morgan fingerprint density at radius 3 is 2.57 bits per heavy atom. The third kappa shape index (κ3) is 6.02. The van der Waals surface area contributed by atoms with Crippen molar-refractivity contribution < 1.29 is 22.6 Å². The Bertz CT molecular complexity index is 744. The Morgan fingerprint density at radius 1 is 1.14 bits per heavy atom. The molecule has 154 valence electrons. The number of benzene rings is 2. The van der Waals surface area contributed by atoms with Crippen LogP contribution in [0.1, 0.15) is 30.0 Å². The van der Waals surface area contributed by atoms with Crippen molar-refractivity contribution in [1.82, 2.24) is 10.6 Å². The van der Waals surface area contributed by atoms with Crippen LogP contribution in [0.25, 0.3) is 0 Å². The summed E-state index contributed by atoms with van der Waals surface area (Å²) < 4.78 is 46.8. The van der Waals surface area contributed by atoms with Crippen LogP contribution < -0.4 is 20.1 Å². The Hall–Kier alpha value is -1.96. The fourth-order valence-corrected chi connectivity index (χ4v) is 3.45. The fraction of sp³-hybridized carbons (Fsp3) is 0.400. The molecule has 0 unspecified atom stereocenters. The summed E-state index contributed by atoms with van der Waals surface area (Å²) in [4.78, 5) is 0. The number of hydrogen-bond acceptors (Lipinski definition) is 4. The van der Waals surface area contributed by atoms with Gasteiger partial charge in [0.15, 0.2) is 0 Å². The molecule has 4 nitrogen and oxygen atoms in total. The van der Waals surface area contributed by atoms with Crippen LogP contribution >= 0.6 is 12.4 Å². The van der Waals surface area contributed by atoms with E-state index in [2.05, 4.69) is 27.5 Å². The molecule has 1 saturated heterocycles. The van der Waals surface area contributed by atoms with E-state index in [1.807, 2.05) is 18.2 Å². The molecule has 8 heteroatoms. The van der Waals surface area contributed by atoms with Crippen molar-refractivity contribution in [2.75, 3.05) is 13.7 Å². The minimum Gasteiger partial charge on any atom is -0.496 e. The summed E-state index contributed by atoms with van der Waals surface area (Å²) in [6.45, 7) is 1.32. The highest BCUT2D eigenvalue weighted by molar-refractivity contribution is 5.85. The zero-order valence-electron chi connectivity index (χ0n) is 15.5. The summed E-state index contributed by atoms with van der Waals surface area (Å²) in [7, 11) is 1.50. The van der Waals surface area contributed by atoms with Crippen molar-refractivity contribution in [2.45, 2.75) is 37.8 Å². The van der Waals surface area contributed by atoms with Crippen molar-refractivity contribution in [2.24, 2.45) is 0 Å². The normalized spacial score (nSPS) is 19.6. The van der Waals surface area contributed by atoms with E-state index in [-0.39, 0.29) is 30.2 Å². The van der Waals surface area contributed by atoms with E-state index in [1.165, 1.54) is 30.9 Å². The molecule has 0 aliphatic carbocycles. The number of nitrogens with one attached hydrogen (secondary N) is 2. The molecule has 2 aromatic rings. The van der Waals surface area contributed by atoms with Gasteiger partial charge in [-0.2, -0.15) is 0 Å². The standard InChI is InChI=1S/C20H23F3N2O2.ClH/c1-26-18-10-9-16(27-20(21,22)23)12-15(18)13-25-17-8-5-11-24-19(17)14-6-3-2-4-7-14;/h2-4,6-7,9-10,12,17,19,24-25H,5,8,11,13H2,1H3;1H/t17-,19-;/m1./s1. The van der Waals surface area contributed by atoms with Gasteiger partial charge in [-0.05, 0) is 43.1 Å². The summed E-state index contributed by atoms with van der Waals surface area (Å²) >= 11 is 0. The second kappa shape index (κ2) is 10.0. The van der Waals surface area contributed by atoms with Crippen LogP contribution in [0, 0.1) is 0 Å². The molecule has 2 N–H and O–H groups in total. The first kappa shape index (κ1) is 22.3. The lowest BCUT2D eigenvalue weighted by Crippen LogP contribution is -2.45. The quantitative estimate of drug-likeness (QED) is 0.722. The zero-order valence-corrected chi connectivity index (χ0v) is 16.3. The summed E-state index contributed by atoms with van der Waals surface area (Å²) in [5, 5.41) is 7.00. The molecule has 0 amide bonds. The number of hydrogen-bond donors (Lipinski definition) is 2. The second-order valence-corrected chi connectivity index (χ2v) is 6.49. The van der Waals surface area contributed by atoms with Gasteiger partial charge in [0.1, 0.15) is 11.5 Å². The predicted octanol–water partition coefficient (Wildman–Crippen LogP) is 4.60. The van der Waals surface area contributed by atoms with E-state index in [0.717, 1.165) is 19.4 Å². The van der Waals surface area contributed by atoms with E-state index in [9.17, 15) is 13.2 Å². The van der Waals surface area contributed by atoms with Gasteiger partial charge in [-0.1, -0.05) is 30.3 Å². The van der Waals surface area contributed by atoms with Crippen LogP contribution in [-0.2, 0) is 6.54 Å². The zero-order chi connectivity index (χ0) is 19.3. The summed E-state index contributed by atoms with van der Waals surface area (Å²) in [5.41, 5.74) is 1.81. The minimum absolute atomic E-state index is 0. The topological polar surface area (TPSA) is 42.5 Å². The van der Waals surface area contributed by atoms with Gasteiger partial charge in [0.25, 0.3) is 0 Å². The summed E-state index contributed by atoms with van der Waals surface area (Å²) in [5.74, 6) is 0.276. The van der Waals surface area contributed by atoms with Gasteiger partial charge < -0.3 is 20.1 Å². The molecule has 1 aliphatic rings. The highest BCUT2D eigenvalue weighted by Crippen LogP contribution is 2.29. The van der Waals surface area contributed by atoms with Crippen molar-refractivity contribution >= 4 is 12.4 Å². The molecule has 1 heterocycles. The number of rotatable bonds is 6. The van der Waals surface area contributed by atoms with Gasteiger partial charge >= 0.3 is 6.36 Å². The number of alkyl halides is 3. The Balaban J connectivity index is 0.00000280. The smallest absolute Gasteiger partial charge is 0.496 e. The van der Waals surface area contributed by atoms with E-state index in [4.69, 9.17) is 4.74 Å². The van der Waals surface area contributed by atoms with Crippen LogP contribution in [0.5, 0.6) is 11.5 Å². The Morgan fingerprint density at radius 2 is 1.89 bits per heavy atom. The van der Waals surface area contributed by atoms with Gasteiger partial charge in [-0.25, -0.2) is 0 Å². The first-order valence-electron chi connectivity index (χ1n) is 8.90. The van der Waals surface area contributed by atoms with Crippen LogP contribution in [-0.4, -0.2) is 26.1 Å². The maximum absolute atomic E-state index is 12.5. The number of halogens is 4.